The molecule has 0 aromatic heterocycles. The Morgan fingerprint density at radius 3 is 2.33 bits per heavy atom. The molecule has 0 aromatic rings. The second-order valence-corrected chi connectivity index (χ2v) is 5.51. The highest BCUT2D eigenvalue weighted by molar-refractivity contribution is 5.86. The van der Waals surface area contributed by atoms with Crippen molar-refractivity contribution in [3.8, 4) is 0 Å². The summed E-state index contributed by atoms with van der Waals surface area (Å²) in [4.78, 5) is 23.5. The maximum absolute atomic E-state index is 12.1. The molecule has 4 rings (SSSR count). The van der Waals surface area contributed by atoms with Gasteiger partial charge in [0.05, 0.1) is 18.4 Å². The molecule has 3 N–H and O–H groups in total. The minimum Gasteiger partial charge on any atom is -0.481 e. The summed E-state index contributed by atoms with van der Waals surface area (Å²) in [6, 6.07) is 0. The van der Waals surface area contributed by atoms with E-state index in [1.165, 1.54) is 0 Å². The molecule has 0 radical (unpaired) electrons. The van der Waals surface area contributed by atoms with E-state index in [1.807, 2.05) is 12.2 Å². The molecule has 4 aliphatic rings. The summed E-state index contributed by atoms with van der Waals surface area (Å²) in [7, 11) is 0. The first-order chi connectivity index (χ1) is 8.65. The Morgan fingerprint density at radius 2 is 1.78 bits per heavy atom. The zero-order valence-corrected chi connectivity index (χ0v) is 9.95. The SMILES string of the molecule is O=C(O)[C@@H]1[C@H]2C=C[C@@H]([C@@H]3C[C@@H]23)[C@H]1C(=O)NCCO. The molecule has 98 valence electrons. The summed E-state index contributed by atoms with van der Waals surface area (Å²) >= 11 is 0. The normalized spacial score (nSPS) is 43.4. The van der Waals surface area contributed by atoms with E-state index in [9.17, 15) is 14.7 Å². The van der Waals surface area contributed by atoms with Crippen molar-refractivity contribution in [2.24, 2.45) is 35.5 Å². The summed E-state index contributed by atoms with van der Waals surface area (Å²) in [6.07, 6.45) is 5.07. The lowest BCUT2D eigenvalue weighted by Crippen LogP contribution is -2.50. The first-order valence-electron chi connectivity index (χ1n) is 6.45. The summed E-state index contributed by atoms with van der Waals surface area (Å²) in [5.74, 6) is -1.09. The fourth-order valence-electron chi connectivity index (χ4n) is 3.87. The second kappa shape index (κ2) is 4.09. The van der Waals surface area contributed by atoms with Crippen molar-refractivity contribution in [1.82, 2.24) is 5.32 Å². The van der Waals surface area contributed by atoms with Gasteiger partial charge < -0.3 is 15.5 Å². The molecule has 2 fully saturated rings. The lowest BCUT2D eigenvalue weighted by atomic mass is 9.62. The van der Waals surface area contributed by atoms with Crippen LogP contribution in [0.5, 0.6) is 0 Å². The molecule has 6 atom stereocenters. The molecular formula is C13H17NO4. The van der Waals surface area contributed by atoms with Gasteiger partial charge >= 0.3 is 5.97 Å². The third-order valence-electron chi connectivity index (χ3n) is 4.65. The number of carbonyl (C=O) groups is 2. The molecule has 0 aliphatic heterocycles. The van der Waals surface area contributed by atoms with E-state index in [0.717, 1.165) is 6.42 Å². The van der Waals surface area contributed by atoms with Crippen LogP contribution < -0.4 is 5.32 Å². The molecule has 0 unspecified atom stereocenters. The van der Waals surface area contributed by atoms with Gasteiger partial charge in [-0.3, -0.25) is 9.59 Å². The van der Waals surface area contributed by atoms with Gasteiger partial charge in [0.2, 0.25) is 5.91 Å². The molecule has 5 nitrogen and oxygen atoms in total. The highest BCUT2D eigenvalue weighted by Crippen LogP contribution is 2.63. The number of aliphatic carboxylic acids is 1. The van der Waals surface area contributed by atoms with Gasteiger partial charge in [-0.25, -0.2) is 0 Å². The van der Waals surface area contributed by atoms with Gasteiger partial charge in [-0.2, -0.15) is 0 Å². The molecular weight excluding hydrogens is 234 g/mol. The lowest BCUT2D eigenvalue weighted by Gasteiger charge is -2.41. The number of carboxylic acid groups (broad SMARTS) is 1. The Balaban J connectivity index is 1.84. The molecule has 0 saturated heterocycles. The predicted octanol–water partition coefficient (Wildman–Crippen LogP) is -0.136. The number of allylic oxidation sites excluding steroid dienone is 2. The Hall–Kier alpha value is -1.36. The highest BCUT2D eigenvalue weighted by atomic mass is 16.4. The van der Waals surface area contributed by atoms with Crippen molar-refractivity contribution in [2.75, 3.05) is 13.2 Å². The lowest BCUT2D eigenvalue weighted by molar-refractivity contribution is -0.153. The fraction of sp³-hybridized carbons (Fsp3) is 0.692. The highest BCUT2D eigenvalue weighted by Gasteiger charge is 2.62. The molecule has 0 spiro atoms. The van der Waals surface area contributed by atoms with Crippen molar-refractivity contribution >= 4 is 11.9 Å². The van der Waals surface area contributed by atoms with Crippen LogP contribution in [0.3, 0.4) is 0 Å². The van der Waals surface area contributed by atoms with Gasteiger partial charge in [0.15, 0.2) is 0 Å². The van der Waals surface area contributed by atoms with Gasteiger partial charge in [-0.05, 0) is 30.1 Å². The Kier molecular flexibility index (Phi) is 2.66. The van der Waals surface area contributed by atoms with Crippen LogP contribution in [0, 0.1) is 35.5 Å². The number of hydrogen-bond donors (Lipinski definition) is 3. The number of aliphatic hydroxyl groups is 1. The number of carboxylic acids is 1. The average Bonchev–Trinajstić information content (AvgIpc) is 3.16. The molecule has 0 heterocycles. The number of amides is 1. The standard InChI is InChI=1S/C13H17NO4/c15-4-3-14-12(16)10-6-1-2-7(9-5-8(6)9)11(10)13(17)18/h1-2,6-11,15H,3-5H2,(H,14,16)(H,17,18)/t6-,7-,8-,9-,10+,11+/m0/s1. The maximum Gasteiger partial charge on any atom is 0.307 e. The minimum absolute atomic E-state index is 0.0161. The van der Waals surface area contributed by atoms with Crippen LogP contribution in [0.25, 0.3) is 0 Å². The van der Waals surface area contributed by atoms with Crippen LogP contribution in [-0.2, 0) is 9.59 Å². The summed E-state index contributed by atoms with van der Waals surface area (Å²) in [6.45, 7) is 0.0725. The van der Waals surface area contributed by atoms with E-state index >= 15 is 0 Å². The number of fused-ring (bicyclic) bond motifs is 1. The second-order valence-electron chi connectivity index (χ2n) is 5.51. The molecule has 5 heteroatoms. The average molecular weight is 251 g/mol. The third kappa shape index (κ3) is 1.57. The van der Waals surface area contributed by atoms with Crippen LogP contribution in [-0.4, -0.2) is 35.2 Å². The van der Waals surface area contributed by atoms with Crippen molar-refractivity contribution in [3.63, 3.8) is 0 Å². The van der Waals surface area contributed by atoms with Crippen molar-refractivity contribution in [1.29, 1.82) is 0 Å². The van der Waals surface area contributed by atoms with Crippen molar-refractivity contribution in [2.45, 2.75) is 6.42 Å². The zero-order valence-electron chi connectivity index (χ0n) is 9.95. The topological polar surface area (TPSA) is 86.6 Å². The smallest absolute Gasteiger partial charge is 0.307 e. The molecule has 2 saturated carbocycles. The van der Waals surface area contributed by atoms with Crippen molar-refractivity contribution < 1.29 is 19.8 Å². The summed E-state index contributed by atoms with van der Waals surface area (Å²) in [5, 5.41) is 20.7. The van der Waals surface area contributed by atoms with Gasteiger partial charge in [0.1, 0.15) is 0 Å². The molecule has 1 amide bonds. The van der Waals surface area contributed by atoms with E-state index in [4.69, 9.17) is 5.11 Å². The number of carbonyl (C=O) groups excluding carboxylic acids is 1. The maximum atomic E-state index is 12.1. The molecule has 4 aliphatic carbocycles. The monoisotopic (exact) mass is 251 g/mol. The van der Waals surface area contributed by atoms with Gasteiger partial charge in [0, 0.05) is 6.54 Å². The summed E-state index contributed by atoms with van der Waals surface area (Å²) < 4.78 is 0. The number of aliphatic hydroxyl groups excluding tert-OH is 1. The minimum atomic E-state index is -0.871. The first kappa shape index (κ1) is 11.7. The number of rotatable bonds is 4. The largest absolute Gasteiger partial charge is 0.481 e. The van der Waals surface area contributed by atoms with Crippen LogP contribution in [0.2, 0.25) is 0 Å². The van der Waals surface area contributed by atoms with Crippen molar-refractivity contribution in [3.05, 3.63) is 12.2 Å². The third-order valence-corrected chi connectivity index (χ3v) is 4.65. The van der Waals surface area contributed by atoms with E-state index in [0.29, 0.717) is 11.8 Å². The van der Waals surface area contributed by atoms with Gasteiger partial charge in [-0.1, -0.05) is 12.2 Å². The van der Waals surface area contributed by atoms with Crippen LogP contribution >= 0.6 is 0 Å². The summed E-state index contributed by atoms with van der Waals surface area (Å²) in [5.41, 5.74) is 0. The van der Waals surface area contributed by atoms with Crippen LogP contribution in [0.15, 0.2) is 12.2 Å². The van der Waals surface area contributed by atoms with Crippen LogP contribution in [0.4, 0.5) is 0 Å². The van der Waals surface area contributed by atoms with E-state index in [2.05, 4.69) is 5.32 Å². The van der Waals surface area contributed by atoms with E-state index in [-0.39, 0.29) is 30.9 Å². The van der Waals surface area contributed by atoms with E-state index < -0.39 is 17.8 Å². The molecule has 0 aromatic carbocycles. The first-order valence-corrected chi connectivity index (χ1v) is 6.45. The fourth-order valence-corrected chi connectivity index (χ4v) is 3.87. The number of nitrogens with one attached hydrogen (secondary N) is 1. The Morgan fingerprint density at radius 1 is 1.17 bits per heavy atom. The quantitative estimate of drug-likeness (QED) is 0.607. The number of hydrogen-bond acceptors (Lipinski definition) is 3. The molecule has 2 bridgehead atoms. The zero-order chi connectivity index (χ0) is 12.9. The Labute approximate surface area is 105 Å². The Bertz CT molecular complexity index is 419. The van der Waals surface area contributed by atoms with Crippen LogP contribution in [0.1, 0.15) is 6.42 Å². The van der Waals surface area contributed by atoms with E-state index in [1.54, 1.807) is 0 Å². The van der Waals surface area contributed by atoms with Gasteiger partial charge in [0.25, 0.3) is 0 Å². The van der Waals surface area contributed by atoms with Gasteiger partial charge in [-0.15, -0.1) is 0 Å². The molecule has 18 heavy (non-hydrogen) atoms. The predicted molar refractivity (Wildman–Crippen MR) is 62.4 cm³/mol.